The van der Waals surface area contributed by atoms with Gasteiger partial charge in [-0.05, 0) is 36.6 Å². The Morgan fingerprint density at radius 1 is 1.05 bits per heavy atom. The number of aliphatic hydroxyl groups is 1. The number of β-amino-alcohol motifs (C(OH)–C–C–N with tert-alkyl or cyclic N) is 1. The number of fused-ring (bicyclic) bond motifs is 1. The lowest BCUT2D eigenvalue weighted by atomic mass is 10.0. The average Bonchev–Trinajstić information content (AvgIpc) is 2.69. The fourth-order valence-corrected chi connectivity index (χ4v) is 3.08. The first-order chi connectivity index (χ1) is 10.2. The van der Waals surface area contributed by atoms with Gasteiger partial charge in [0.1, 0.15) is 0 Å². The molecule has 2 aromatic rings. The number of nitrogens with zero attached hydrogens (tertiary/aromatic N) is 1. The zero-order chi connectivity index (χ0) is 14.7. The lowest BCUT2D eigenvalue weighted by Crippen LogP contribution is -2.28. The Labute approximate surface area is 126 Å². The van der Waals surface area contributed by atoms with E-state index in [4.69, 9.17) is 5.73 Å². The molecular formula is C18H22N2O. The zero-order valence-corrected chi connectivity index (χ0v) is 12.2. The molecule has 0 spiro atoms. The van der Waals surface area contributed by atoms with Crippen molar-refractivity contribution in [1.29, 1.82) is 0 Å². The summed E-state index contributed by atoms with van der Waals surface area (Å²) in [5.41, 5.74) is 10.3. The van der Waals surface area contributed by atoms with Gasteiger partial charge in [-0.1, -0.05) is 42.5 Å². The van der Waals surface area contributed by atoms with Gasteiger partial charge in [0.2, 0.25) is 0 Å². The molecule has 1 aliphatic rings. The third kappa shape index (κ3) is 3.26. The summed E-state index contributed by atoms with van der Waals surface area (Å²) >= 11 is 0. The predicted octanol–water partition coefficient (Wildman–Crippen LogP) is 2.75. The largest absolute Gasteiger partial charge is 0.398 e. The van der Waals surface area contributed by atoms with Crippen LogP contribution in [0.5, 0.6) is 0 Å². The first-order valence-corrected chi connectivity index (χ1v) is 7.55. The molecule has 0 saturated carbocycles. The minimum Gasteiger partial charge on any atom is -0.398 e. The number of hydrogen-bond acceptors (Lipinski definition) is 3. The molecule has 1 heterocycles. The van der Waals surface area contributed by atoms with Crippen LogP contribution in [0, 0.1) is 0 Å². The second-order valence-electron chi connectivity index (χ2n) is 5.75. The summed E-state index contributed by atoms with van der Waals surface area (Å²) < 4.78 is 0. The number of anilines is 1. The van der Waals surface area contributed by atoms with Gasteiger partial charge in [0, 0.05) is 24.3 Å². The maximum absolute atomic E-state index is 10.5. The molecule has 1 unspecified atom stereocenters. The highest BCUT2D eigenvalue weighted by Gasteiger charge is 2.18. The van der Waals surface area contributed by atoms with Crippen molar-refractivity contribution >= 4 is 5.69 Å². The molecule has 3 rings (SSSR count). The fraction of sp³-hybridized carbons (Fsp3) is 0.333. The Hall–Kier alpha value is -1.84. The molecule has 0 amide bonds. The van der Waals surface area contributed by atoms with Gasteiger partial charge in [0.25, 0.3) is 0 Å². The van der Waals surface area contributed by atoms with Crippen molar-refractivity contribution in [3.63, 3.8) is 0 Å². The van der Waals surface area contributed by atoms with Gasteiger partial charge in [0.05, 0.1) is 6.10 Å². The minimum atomic E-state index is -0.531. The van der Waals surface area contributed by atoms with Crippen LogP contribution in [0.4, 0.5) is 5.69 Å². The molecule has 0 bridgehead atoms. The van der Waals surface area contributed by atoms with E-state index >= 15 is 0 Å². The highest BCUT2D eigenvalue weighted by molar-refractivity contribution is 5.47. The SMILES string of the molecule is Nc1ccccc1C(O)CN1CCCc2ccccc2C1. The van der Waals surface area contributed by atoms with Crippen molar-refractivity contribution in [2.75, 3.05) is 18.8 Å². The summed E-state index contributed by atoms with van der Waals surface area (Å²) in [5.74, 6) is 0. The van der Waals surface area contributed by atoms with E-state index in [9.17, 15) is 5.11 Å². The smallest absolute Gasteiger partial charge is 0.0936 e. The van der Waals surface area contributed by atoms with Crippen LogP contribution < -0.4 is 5.73 Å². The second-order valence-corrected chi connectivity index (χ2v) is 5.75. The normalized spacial score (nSPS) is 17.0. The van der Waals surface area contributed by atoms with Crippen LogP contribution in [-0.4, -0.2) is 23.1 Å². The standard InChI is InChI=1S/C18H22N2O/c19-17-10-4-3-9-16(17)18(21)13-20-11-5-8-14-6-1-2-7-15(14)12-20/h1-4,6-7,9-10,18,21H,5,8,11-13,19H2. The molecule has 1 aliphatic heterocycles. The van der Waals surface area contributed by atoms with Crippen molar-refractivity contribution in [2.24, 2.45) is 0 Å². The lowest BCUT2D eigenvalue weighted by Gasteiger charge is -2.24. The van der Waals surface area contributed by atoms with Gasteiger partial charge >= 0.3 is 0 Å². The molecule has 0 radical (unpaired) electrons. The summed E-state index contributed by atoms with van der Waals surface area (Å²) in [6, 6.07) is 16.2. The van der Waals surface area contributed by atoms with E-state index in [1.165, 1.54) is 11.1 Å². The number of hydrogen-bond donors (Lipinski definition) is 2. The van der Waals surface area contributed by atoms with Crippen LogP contribution in [-0.2, 0) is 13.0 Å². The van der Waals surface area contributed by atoms with Crippen molar-refractivity contribution in [3.05, 3.63) is 65.2 Å². The molecule has 3 nitrogen and oxygen atoms in total. The Morgan fingerprint density at radius 3 is 2.57 bits per heavy atom. The molecule has 1 atom stereocenters. The van der Waals surface area contributed by atoms with Crippen molar-refractivity contribution < 1.29 is 5.11 Å². The Balaban J connectivity index is 1.72. The van der Waals surface area contributed by atoms with Gasteiger partial charge in [-0.2, -0.15) is 0 Å². The molecule has 110 valence electrons. The number of aliphatic hydroxyl groups excluding tert-OH is 1. The average molecular weight is 282 g/mol. The van der Waals surface area contributed by atoms with Crippen LogP contribution in [0.1, 0.15) is 29.2 Å². The van der Waals surface area contributed by atoms with E-state index in [0.29, 0.717) is 12.2 Å². The number of rotatable bonds is 3. The number of aryl methyl sites for hydroxylation is 1. The highest BCUT2D eigenvalue weighted by atomic mass is 16.3. The Morgan fingerprint density at radius 2 is 1.76 bits per heavy atom. The third-order valence-electron chi connectivity index (χ3n) is 4.22. The van der Waals surface area contributed by atoms with Crippen LogP contribution >= 0.6 is 0 Å². The van der Waals surface area contributed by atoms with Gasteiger partial charge in [0.15, 0.2) is 0 Å². The molecule has 3 heteroatoms. The minimum absolute atomic E-state index is 0.531. The van der Waals surface area contributed by atoms with Crippen LogP contribution in [0.25, 0.3) is 0 Å². The molecule has 0 aromatic heterocycles. The predicted molar refractivity (Wildman–Crippen MR) is 85.9 cm³/mol. The molecule has 0 saturated heterocycles. The number of benzene rings is 2. The number of para-hydroxylation sites is 1. The zero-order valence-electron chi connectivity index (χ0n) is 12.2. The van der Waals surface area contributed by atoms with E-state index < -0.39 is 6.10 Å². The van der Waals surface area contributed by atoms with E-state index in [1.807, 2.05) is 24.3 Å². The van der Waals surface area contributed by atoms with Gasteiger partial charge in [-0.15, -0.1) is 0 Å². The molecule has 21 heavy (non-hydrogen) atoms. The maximum Gasteiger partial charge on any atom is 0.0936 e. The summed E-state index contributed by atoms with van der Waals surface area (Å²) in [6.07, 6.45) is 1.72. The van der Waals surface area contributed by atoms with Crippen LogP contribution in [0.15, 0.2) is 48.5 Å². The van der Waals surface area contributed by atoms with E-state index in [2.05, 4.69) is 29.2 Å². The molecule has 0 fully saturated rings. The molecule has 3 N–H and O–H groups in total. The van der Waals surface area contributed by atoms with Crippen molar-refractivity contribution in [1.82, 2.24) is 4.90 Å². The molecular weight excluding hydrogens is 260 g/mol. The number of nitrogens with two attached hydrogens (primary N) is 1. The van der Waals surface area contributed by atoms with Crippen LogP contribution in [0.2, 0.25) is 0 Å². The Bertz CT molecular complexity index is 612. The van der Waals surface area contributed by atoms with E-state index in [0.717, 1.165) is 31.5 Å². The van der Waals surface area contributed by atoms with E-state index in [1.54, 1.807) is 0 Å². The summed E-state index contributed by atoms with van der Waals surface area (Å²) in [6.45, 7) is 2.54. The second kappa shape index (κ2) is 6.29. The van der Waals surface area contributed by atoms with Gasteiger partial charge in [-0.3, -0.25) is 4.90 Å². The summed E-state index contributed by atoms with van der Waals surface area (Å²) in [4.78, 5) is 2.32. The van der Waals surface area contributed by atoms with E-state index in [-0.39, 0.29) is 0 Å². The van der Waals surface area contributed by atoms with Crippen molar-refractivity contribution in [3.8, 4) is 0 Å². The first kappa shape index (κ1) is 14.1. The quantitative estimate of drug-likeness (QED) is 0.851. The van der Waals surface area contributed by atoms with Gasteiger partial charge < -0.3 is 10.8 Å². The highest BCUT2D eigenvalue weighted by Crippen LogP contribution is 2.24. The Kier molecular flexibility index (Phi) is 4.23. The van der Waals surface area contributed by atoms with Gasteiger partial charge in [-0.25, -0.2) is 0 Å². The third-order valence-corrected chi connectivity index (χ3v) is 4.22. The topological polar surface area (TPSA) is 49.5 Å². The van der Waals surface area contributed by atoms with Crippen molar-refractivity contribution in [2.45, 2.75) is 25.5 Å². The maximum atomic E-state index is 10.5. The molecule has 2 aromatic carbocycles. The monoisotopic (exact) mass is 282 g/mol. The number of nitrogen functional groups attached to an aromatic ring is 1. The lowest BCUT2D eigenvalue weighted by molar-refractivity contribution is 0.110. The van der Waals surface area contributed by atoms with Crippen LogP contribution in [0.3, 0.4) is 0 Å². The fourth-order valence-electron chi connectivity index (χ4n) is 3.08. The summed E-state index contributed by atoms with van der Waals surface area (Å²) in [7, 11) is 0. The molecule has 0 aliphatic carbocycles. The summed E-state index contributed by atoms with van der Waals surface area (Å²) in [5, 5.41) is 10.5. The first-order valence-electron chi connectivity index (χ1n) is 7.55.